The second-order valence-corrected chi connectivity index (χ2v) is 30.0. The van der Waals surface area contributed by atoms with Gasteiger partial charge in [-0.05, 0) is 110 Å². The van der Waals surface area contributed by atoms with Gasteiger partial charge in [0.25, 0.3) is 0 Å². The van der Waals surface area contributed by atoms with Crippen LogP contribution in [0.25, 0.3) is 10.9 Å². The summed E-state index contributed by atoms with van der Waals surface area (Å²) in [6, 6.07) is -2.04. The van der Waals surface area contributed by atoms with E-state index in [2.05, 4.69) is 63.1 Å². The van der Waals surface area contributed by atoms with Crippen molar-refractivity contribution in [3.63, 3.8) is 0 Å². The molecule has 7 rings (SSSR count). The number of benzene rings is 3. The van der Waals surface area contributed by atoms with E-state index in [-0.39, 0.29) is 78.1 Å². The number of aromatic nitrogens is 1. The highest BCUT2D eigenvalue weighted by molar-refractivity contribution is 8.76. The molecule has 1 aliphatic heterocycles. The smallest absolute Gasteiger partial charge is 0.303 e. The molecule has 3 fully saturated rings. The molecule has 110 heavy (non-hydrogen) atoms. The van der Waals surface area contributed by atoms with Gasteiger partial charge in [-0.2, -0.15) is 0 Å². The van der Waals surface area contributed by atoms with Crippen molar-refractivity contribution in [2.24, 2.45) is 39.6 Å². The Morgan fingerprint density at radius 1 is 0.673 bits per heavy atom. The largest absolute Gasteiger partial charge is 0.508 e. The van der Waals surface area contributed by atoms with E-state index in [1.54, 1.807) is 0 Å². The van der Waals surface area contributed by atoms with Crippen LogP contribution in [0.5, 0.6) is 5.75 Å². The number of carbonyl (C=O) groups excluding carboxylic acids is 13. The molecule has 0 unspecified atom stereocenters. The summed E-state index contributed by atoms with van der Waals surface area (Å²) < 4.78 is 30.8. The van der Waals surface area contributed by atoms with Gasteiger partial charge in [-0.15, -0.1) is 0 Å². The number of amides is 13. The van der Waals surface area contributed by atoms with E-state index in [0.29, 0.717) is 49.6 Å². The van der Waals surface area contributed by atoms with Crippen LogP contribution in [0.2, 0.25) is 5.02 Å². The summed E-state index contributed by atoms with van der Waals surface area (Å²) >= 11 is 6.24. The predicted octanol–water partition coefficient (Wildman–Crippen LogP) is -0.923. The number of halogens is 3. The number of aliphatic imine (C=N–C) groups is 1. The summed E-state index contributed by atoms with van der Waals surface area (Å²) in [5, 5.41) is 45.8. The van der Waals surface area contributed by atoms with Gasteiger partial charge in [0.05, 0.1) is 11.6 Å². The van der Waals surface area contributed by atoms with Crippen molar-refractivity contribution >= 4 is 133 Å². The summed E-state index contributed by atoms with van der Waals surface area (Å²) in [4.78, 5) is 206. The van der Waals surface area contributed by atoms with Crippen molar-refractivity contribution in [2.45, 2.75) is 182 Å². The molecule has 1 aromatic heterocycles. The predicted molar refractivity (Wildman–Crippen MR) is 403 cm³/mol. The van der Waals surface area contributed by atoms with Gasteiger partial charge in [0.15, 0.2) is 5.96 Å². The lowest BCUT2D eigenvalue weighted by Crippen LogP contribution is -2.61. The van der Waals surface area contributed by atoms with Gasteiger partial charge < -0.3 is 102 Å². The molecule has 3 aromatic carbocycles. The normalized spacial score (nSPS) is 21.9. The number of aromatic hydroxyl groups is 1. The van der Waals surface area contributed by atoms with Crippen molar-refractivity contribution < 1.29 is 86.1 Å². The third-order valence-electron chi connectivity index (χ3n) is 18.8. The molecule has 9 atom stereocenters. The summed E-state index contributed by atoms with van der Waals surface area (Å²) in [5.41, 5.74) is 29.2. The van der Waals surface area contributed by atoms with Crippen molar-refractivity contribution in [3.05, 3.63) is 100 Å². The molecule has 4 aromatic rings. The maximum absolute atomic E-state index is 16.0. The SMILES string of the molecule is NCCC(=O)N(CC(=O)N[C@@H](Cc1ccc(O)cc1)C(=O)N[C@H]1CSSC[C@@H](C(N)=O)NC(=O)[C@H](CCC(=O)O)NC(=O)[C@H](Cc2c[nH]c3ccc(F)cc23)NC(=O)[C@@H](CCC(N)=O)NC(=O)CCNC(=O)[C@H](CCCN=C(N)N)NC(=O)[C@H](Cc2cccc(Cl)c2F)NC(=O)[C@H](C2CCCC2)NC1=O)C1CCCC1. The maximum Gasteiger partial charge on any atom is 0.303 e. The molecule has 13 amide bonds. The fourth-order valence-corrected chi connectivity index (χ4v) is 15.5. The fraction of sp³-hybridized carbons (Fsp3) is 0.507. The van der Waals surface area contributed by atoms with Gasteiger partial charge in [0.1, 0.15) is 71.8 Å². The average molecular weight is 1590 g/mol. The van der Waals surface area contributed by atoms with Crippen molar-refractivity contribution in [3.8, 4) is 5.75 Å². The molecule has 34 nitrogen and oxygen atoms in total. The Morgan fingerprint density at radius 2 is 1.28 bits per heavy atom. The highest BCUT2D eigenvalue weighted by Crippen LogP contribution is 2.30. The number of guanidine groups is 1. The fourth-order valence-electron chi connectivity index (χ4n) is 13.0. The highest BCUT2D eigenvalue weighted by Gasteiger charge is 2.40. The summed E-state index contributed by atoms with van der Waals surface area (Å²) in [6.45, 7) is -1.07. The van der Waals surface area contributed by atoms with Crippen LogP contribution in [0, 0.1) is 17.6 Å². The first-order valence-corrected chi connectivity index (χ1v) is 38.9. The molecular weight excluding hydrogens is 1500 g/mol. The number of nitrogens with two attached hydrogens (primary N) is 5. The van der Waals surface area contributed by atoms with E-state index in [1.165, 1.54) is 59.6 Å². The number of hydrogen-bond acceptors (Lipinski definition) is 19. The number of primary amides is 2. The zero-order valence-electron chi connectivity index (χ0n) is 60.2. The lowest BCUT2D eigenvalue weighted by atomic mass is 9.95. The number of phenolic OH excluding ortho intramolecular Hbond substituents is 1. The number of carbonyl (C=O) groups is 14. The van der Waals surface area contributed by atoms with Crippen LogP contribution >= 0.6 is 33.2 Å². The zero-order chi connectivity index (χ0) is 80.1. The summed E-state index contributed by atoms with van der Waals surface area (Å²) in [5.74, 6) is -17.7. The van der Waals surface area contributed by atoms with Crippen LogP contribution < -0.4 is 81.8 Å². The van der Waals surface area contributed by atoms with Crippen LogP contribution in [0.3, 0.4) is 0 Å². The van der Waals surface area contributed by atoms with Gasteiger partial charge >= 0.3 is 5.97 Å². The van der Waals surface area contributed by atoms with Gasteiger partial charge in [-0.3, -0.25) is 72.1 Å². The first-order chi connectivity index (χ1) is 52.5. The number of H-pyrrole nitrogens is 1. The van der Waals surface area contributed by atoms with E-state index in [9.17, 15) is 67.3 Å². The number of aliphatic carboxylic acids is 1. The van der Waals surface area contributed by atoms with Crippen LogP contribution in [0.1, 0.15) is 119 Å². The van der Waals surface area contributed by atoms with E-state index >= 15 is 18.8 Å². The Morgan fingerprint density at radius 3 is 1.94 bits per heavy atom. The molecule has 2 heterocycles. The minimum atomic E-state index is -1.82. The second-order valence-electron chi connectivity index (χ2n) is 27.0. The number of carboxylic acid groups (broad SMARTS) is 1. The number of nitrogens with zero attached hydrogens (tertiary/aromatic N) is 2. The molecule has 0 spiro atoms. The molecule has 3 aliphatic rings. The lowest BCUT2D eigenvalue weighted by Gasteiger charge is -2.30. The Bertz CT molecular complexity index is 4000. The van der Waals surface area contributed by atoms with E-state index < -0.39 is 224 Å². The van der Waals surface area contributed by atoms with E-state index in [1.807, 2.05) is 0 Å². The standard InChI is InChI=1S/C71H95ClF2N18O16S2/c72-45-12-5-9-39(60(45)74)30-51-67(105)85-47(13-6-27-81-71(78)79)63(101)80-28-25-56(95)83-48(20-22-55(76)94)64(102)87-52(31-40-33-82-46-19-16-41(73)32-44(40)46)68(106)86-49(21-23-59(98)99)65(103)89-53(62(77)100)35-109-110-36-54(69(107)91-61(70(108)88-51)38-7-1-2-8-38)90-66(104)50(29-37-14-17-43(93)18-15-37)84-57(96)34-92(58(97)24-26-75)42-10-3-4-11-42/h5,9,12,14-19,32-33,38,42,47-54,61,82,93H,1-4,6-8,10-11,13,20-31,34-36,75H2,(H2,76,94)(H2,77,100)(H,80,101)(H,83,95)(H,84,96)(H,85,105)(H,86,106)(H,87,102)(H,88,108)(H,89,103)(H,90,104)(H,91,107)(H,98,99)(H4,78,79,81)/t47-,48+,49-,50-,51-,52-,53-,54-,61-/m0/s1. The zero-order valence-corrected chi connectivity index (χ0v) is 62.6. The number of phenols is 1. The number of fused-ring (bicyclic) bond motifs is 1. The lowest BCUT2D eigenvalue weighted by molar-refractivity contribution is -0.139. The summed E-state index contributed by atoms with van der Waals surface area (Å²) in [7, 11) is 1.64. The molecule has 0 bridgehead atoms. The molecule has 2 aliphatic carbocycles. The molecule has 0 radical (unpaired) electrons. The number of hydrogen-bond donors (Lipinski definition) is 18. The number of carboxylic acids is 1. The van der Waals surface area contributed by atoms with Gasteiger partial charge in [-0.1, -0.05) is 83.1 Å². The third-order valence-corrected chi connectivity index (χ3v) is 21.5. The number of nitrogens with one attached hydrogen (secondary N) is 11. The second kappa shape index (κ2) is 43.2. The van der Waals surface area contributed by atoms with Gasteiger partial charge in [0.2, 0.25) is 76.8 Å². The number of rotatable bonds is 26. The molecular formula is C71H95ClF2N18O16S2. The molecule has 1 saturated heterocycles. The monoisotopic (exact) mass is 1590 g/mol. The summed E-state index contributed by atoms with van der Waals surface area (Å²) in [6.07, 6.45) is 1.36. The van der Waals surface area contributed by atoms with Crippen molar-refractivity contribution in [1.82, 2.24) is 63.1 Å². The van der Waals surface area contributed by atoms with Gasteiger partial charge in [-0.25, -0.2) is 8.78 Å². The van der Waals surface area contributed by atoms with Crippen molar-refractivity contribution in [2.75, 3.05) is 37.7 Å². The van der Waals surface area contributed by atoms with E-state index in [0.717, 1.165) is 46.6 Å². The van der Waals surface area contributed by atoms with Crippen LogP contribution in [-0.2, 0) is 86.4 Å². The van der Waals surface area contributed by atoms with Crippen LogP contribution in [0.4, 0.5) is 8.78 Å². The van der Waals surface area contributed by atoms with Crippen LogP contribution in [0.15, 0.2) is 71.9 Å². The van der Waals surface area contributed by atoms with Crippen LogP contribution in [-0.4, -0.2) is 207 Å². The molecule has 39 heteroatoms. The quantitative estimate of drug-likeness (QED) is 0.0156. The molecule has 23 N–H and O–H groups in total. The third kappa shape index (κ3) is 27.3. The Balaban J connectivity index is 1.29. The topological polar surface area (TPSA) is 561 Å². The Hall–Kier alpha value is -10.3. The van der Waals surface area contributed by atoms with E-state index in [4.69, 9.17) is 40.3 Å². The first-order valence-electron chi connectivity index (χ1n) is 36.0. The highest BCUT2D eigenvalue weighted by atomic mass is 35.5. The number of aromatic amines is 1. The van der Waals surface area contributed by atoms with Crippen molar-refractivity contribution in [1.29, 1.82) is 0 Å². The maximum atomic E-state index is 16.0. The Kier molecular flexibility index (Phi) is 34.1. The Labute approximate surface area is 644 Å². The van der Waals surface area contributed by atoms with Gasteiger partial charge in [0, 0.05) is 99.2 Å². The molecule has 598 valence electrons. The first kappa shape index (κ1) is 86.9. The molecule has 2 saturated carbocycles. The minimum Gasteiger partial charge on any atom is -0.508 e. The minimum absolute atomic E-state index is 0.00777. The average Bonchev–Trinajstić information content (AvgIpc) is 1.69.